The van der Waals surface area contributed by atoms with Crippen molar-refractivity contribution in [1.29, 1.82) is 5.26 Å². The number of nitrogens with zero attached hydrogens (tertiary/aromatic N) is 1. The number of anilines is 1. The molecule has 1 unspecified atom stereocenters. The van der Waals surface area contributed by atoms with Gasteiger partial charge in [0.05, 0.1) is 17.7 Å². The third-order valence-electron chi connectivity index (χ3n) is 3.31. The quantitative estimate of drug-likeness (QED) is 0.893. The molecule has 0 saturated heterocycles. The Balaban J connectivity index is 1.86. The first kappa shape index (κ1) is 12.1. The first-order chi connectivity index (χ1) is 9.36. The molecule has 0 aliphatic carbocycles. The maximum atomic E-state index is 8.94. The number of nitriles is 1. The Morgan fingerprint density at radius 2 is 2.05 bits per heavy atom. The third kappa shape index (κ3) is 2.59. The highest BCUT2D eigenvalue weighted by molar-refractivity contribution is 7.98. The molecular formula is C16H14N2S. The zero-order valence-corrected chi connectivity index (χ0v) is 11.3. The molecule has 3 heteroatoms. The van der Waals surface area contributed by atoms with Crippen LogP contribution < -0.4 is 5.32 Å². The average molecular weight is 266 g/mol. The minimum absolute atomic E-state index is 0.323. The molecule has 1 aliphatic heterocycles. The largest absolute Gasteiger partial charge is 0.377 e. The second-order valence-corrected chi connectivity index (χ2v) is 5.63. The molecule has 0 spiro atoms. The SMILES string of the molecule is N#Cc1cccc(NC2CSCc3ccccc32)c1. The van der Waals surface area contributed by atoms with Crippen LogP contribution >= 0.6 is 11.8 Å². The van der Waals surface area contributed by atoms with Gasteiger partial charge in [0.15, 0.2) is 0 Å². The Labute approximate surface area is 117 Å². The van der Waals surface area contributed by atoms with E-state index in [2.05, 4.69) is 35.7 Å². The van der Waals surface area contributed by atoms with Crippen LogP contribution in [0.15, 0.2) is 48.5 Å². The number of fused-ring (bicyclic) bond motifs is 1. The summed E-state index contributed by atoms with van der Waals surface area (Å²) in [7, 11) is 0. The lowest BCUT2D eigenvalue weighted by Gasteiger charge is -2.27. The van der Waals surface area contributed by atoms with Crippen molar-refractivity contribution >= 4 is 17.4 Å². The van der Waals surface area contributed by atoms with E-state index in [0.717, 1.165) is 17.2 Å². The lowest BCUT2D eigenvalue weighted by atomic mass is 10.0. The van der Waals surface area contributed by atoms with Crippen LogP contribution in [0.3, 0.4) is 0 Å². The van der Waals surface area contributed by atoms with E-state index in [9.17, 15) is 0 Å². The van der Waals surface area contributed by atoms with Crippen LogP contribution in [0.2, 0.25) is 0 Å². The third-order valence-corrected chi connectivity index (χ3v) is 4.39. The van der Waals surface area contributed by atoms with Gasteiger partial charge in [0.1, 0.15) is 0 Å². The van der Waals surface area contributed by atoms with Crippen LogP contribution in [-0.4, -0.2) is 5.75 Å². The summed E-state index contributed by atoms with van der Waals surface area (Å²) in [5, 5.41) is 12.5. The fraction of sp³-hybridized carbons (Fsp3) is 0.188. The van der Waals surface area contributed by atoms with Gasteiger partial charge in [-0.05, 0) is 29.3 Å². The molecule has 2 aromatic carbocycles. The monoisotopic (exact) mass is 266 g/mol. The van der Waals surface area contributed by atoms with E-state index in [0.29, 0.717) is 11.6 Å². The van der Waals surface area contributed by atoms with E-state index in [1.54, 1.807) is 0 Å². The van der Waals surface area contributed by atoms with Gasteiger partial charge in [-0.25, -0.2) is 0 Å². The molecule has 2 aromatic rings. The van der Waals surface area contributed by atoms with Crippen molar-refractivity contribution < 1.29 is 0 Å². The first-order valence-electron chi connectivity index (χ1n) is 6.29. The van der Waals surface area contributed by atoms with Gasteiger partial charge in [-0.1, -0.05) is 30.3 Å². The predicted molar refractivity (Wildman–Crippen MR) is 80.1 cm³/mol. The van der Waals surface area contributed by atoms with Gasteiger partial charge in [0.25, 0.3) is 0 Å². The lowest BCUT2D eigenvalue weighted by Crippen LogP contribution is -2.18. The highest BCUT2D eigenvalue weighted by atomic mass is 32.2. The molecule has 1 aliphatic rings. The fourth-order valence-corrected chi connectivity index (χ4v) is 3.48. The van der Waals surface area contributed by atoms with Crippen molar-refractivity contribution in [1.82, 2.24) is 0 Å². The number of thioether (sulfide) groups is 1. The van der Waals surface area contributed by atoms with E-state index >= 15 is 0 Å². The molecule has 0 radical (unpaired) electrons. The van der Waals surface area contributed by atoms with Crippen molar-refractivity contribution in [2.45, 2.75) is 11.8 Å². The second kappa shape index (κ2) is 5.38. The fourth-order valence-electron chi connectivity index (χ4n) is 2.38. The smallest absolute Gasteiger partial charge is 0.0992 e. The van der Waals surface area contributed by atoms with Crippen molar-refractivity contribution in [2.24, 2.45) is 0 Å². The summed E-state index contributed by atoms with van der Waals surface area (Å²) in [6.07, 6.45) is 0. The molecule has 3 rings (SSSR count). The van der Waals surface area contributed by atoms with E-state index in [-0.39, 0.29) is 0 Å². The van der Waals surface area contributed by atoms with Crippen LogP contribution in [-0.2, 0) is 5.75 Å². The average Bonchev–Trinajstić information content (AvgIpc) is 2.48. The summed E-state index contributed by atoms with van der Waals surface area (Å²) in [4.78, 5) is 0. The topological polar surface area (TPSA) is 35.8 Å². The van der Waals surface area contributed by atoms with Crippen molar-refractivity contribution in [2.75, 3.05) is 11.1 Å². The van der Waals surface area contributed by atoms with Crippen molar-refractivity contribution in [3.05, 3.63) is 65.2 Å². The molecule has 0 amide bonds. The summed E-state index contributed by atoms with van der Waals surface area (Å²) in [6, 6.07) is 18.7. The van der Waals surface area contributed by atoms with Crippen LogP contribution in [0.4, 0.5) is 5.69 Å². The number of hydrogen-bond acceptors (Lipinski definition) is 3. The molecule has 0 fully saturated rings. The maximum absolute atomic E-state index is 8.94. The zero-order chi connectivity index (χ0) is 13.1. The number of benzene rings is 2. The number of hydrogen-bond donors (Lipinski definition) is 1. The van der Waals surface area contributed by atoms with Crippen molar-refractivity contribution in [3.63, 3.8) is 0 Å². The van der Waals surface area contributed by atoms with Crippen molar-refractivity contribution in [3.8, 4) is 6.07 Å². The van der Waals surface area contributed by atoms with Gasteiger partial charge in [-0.2, -0.15) is 17.0 Å². The van der Waals surface area contributed by atoms with E-state index in [1.165, 1.54) is 11.1 Å². The minimum Gasteiger partial charge on any atom is -0.377 e. The summed E-state index contributed by atoms with van der Waals surface area (Å²) in [5.74, 6) is 2.15. The van der Waals surface area contributed by atoms with Crippen LogP contribution in [0.5, 0.6) is 0 Å². The molecular weight excluding hydrogens is 252 g/mol. The molecule has 2 nitrogen and oxygen atoms in total. The Hall–Kier alpha value is -1.92. The van der Waals surface area contributed by atoms with Gasteiger partial charge >= 0.3 is 0 Å². The summed E-state index contributed by atoms with van der Waals surface area (Å²) < 4.78 is 0. The maximum Gasteiger partial charge on any atom is 0.0992 e. The van der Waals surface area contributed by atoms with E-state index in [1.807, 2.05) is 36.0 Å². The van der Waals surface area contributed by atoms with Gasteiger partial charge < -0.3 is 5.32 Å². The number of nitrogens with one attached hydrogen (secondary N) is 1. The second-order valence-electron chi connectivity index (χ2n) is 4.60. The molecule has 19 heavy (non-hydrogen) atoms. The Morgan fingerprint density at radius 1 is 1.16 bits per heavy atom. The molecule has 0 saturated carbocycles. The van der Waals surface area contributed by atoms with E-state index in [4.69, 9.17) is 5.26 Å². The molecule has 1 N–H and O–H groups in total. The highest BCUT2D eigenvalue weighted by Crippen LogP contribution is 2.33. The highest BCUT2D eigenvalue weighted by Gasteiger charge is 2.19. The Morgan fingerprint density at radius 3 is 2.95 bits per heavy atom. The Bertz CT molecular complexity index is 631. The summed E-state index contributed by atoms with van der Waals surface area (Å²) >= 11 is 1.95. The van der Waals surface area contributed by atoms with Gasteiger partial charge in [0.2, 0.25) is 0 Å². The standard InChI is InChI=1S/C16H14N2S/c17-9-12-4-3-6-14(8-12)18-16-11-19-10-13-5-1-2-7-15(13)16/h1-8,16,18H,10-11H2. The molecule has 1 heterocycles. The van der Waals surface area contributed by atoms with Gasteiger partial charge in [-0.15, -0.1) is 0 Å². The molecule has 1 atom stereocenters. The molecule has 94 valence electrons. The predicted octanol–water partition coefficient (Wildman–Crippen LogP) is 3.96. The Kier molecular flexibility index (Phi) is 3.43. The number of rotatable bonds is 2. The zero-order valence-electron chi connectivity index (χ0n) is 10.5. The minimum atomic E-state index is 0.323. The van der Waals surface area contributed by atoms with Crippen LogP contribution in [0, 0.1) is 11.3 Å². The van der Waals surface area contributed by atoms with Crippen LogP contribution in [0.25, 0.3) is 0 Å². The molecule has 0 bridgehead atoms. The lowest BCUT2D eigenvalue weighted by molar-refractivity contribution is 0.871. The van der Waals surface area contributed by atoms with Gasteiger partial charge in [-0.3, -0.25) is 0 Å². The normalized spacial score (nSPS) is 17.3. The first-order valence-corrected chi connectivity index (χ1v) is 7.44. The van der Waals surface area contributed by atoms with Gasteiger partial charge in [0, 0.05) is 17.2 Å². The summed E-state index contributed by atoms with van der Waals surface area (Å²) in [5.41, 5.74) is 4.50. The van der Waals surface area contributed by atoms with E-state index < -0.39 is 0 Å². The van der Waals surface area contributed by atoms with Crippen LogP contribution in [0.1, 0.15) is 22.7 Å². The summed E-state index contributed by atoms with van der Waals surface area (Å²) in [6.45, 7) is 0. The molecule has 0 aromatic heterocycles.